The SMILES string of the molecule is CCN1/C(=C/C=C(/C=C/C2=[N+](CC)c3ccc4c(C(=O)CC(C)C(=O)O)cc(C(=O)NC(C)C(=O)O)cc4c3C2(C)C)c2ccc(C(=O)O)cn2)C(C)(C)c2c1ccc1c(C(=O)NC(C)C(=O)O)cc(C(=O)NC(CS(=O)(=O)O)C(=O)O)cc21. The smallest absolute Gasteiger partial charge is 0.337 e. The van der Waals surface area contributed by atoms with Gasteiger partial charge in [0.05, 0.1) is 22.6 Å². The van der Waals surface area contributed by atoms with Gasteiger partial charge in [-0.3, -0.25) is 43.1 Å². The van der Waals surface area contributed by atoms with E-state index in [4.69, 9.17) is 0 Å². The van der Waals surface area contributed by atoms with E-state index >= 15 is 0 Å². The van der Waals surface area contributed by atoms with Gasteiger partial charge in [0, 0.05) is 81.5 Å². The van der Waals surface area contributed by atoms with Crippen LogP contribution in [0.15, 0.2) is 96.9 Å². The summed E-state index contributed by atoms with van der Waals surface area (Å²) in [5.41, 5.74) is 2.40. The molecule has 440 valence electrons. The van der Waals surface area contributed by atoms with E-state index in [1.165, 1.54) is 45.2 Å². The first-order valence-electron chi connectivity index (χ1n) is 26.5. The van der Waals surface area contributed by atoms with Crippen LogP contribution < -0.4 is 20.9 Å². The van der Waals surface area contributed by atoms with Gasteiger partial charge in [0.1, 0.15) is 30.4 Å². The fraction of sp³-hybridized carbons (Fsp3) is 0.317. The van der Waals surface area contributed by atoms with Crippen LogP contribution in [0.1, 0.15) is 137 Å². The topological polar surface area (TPSA) is 364 Å². The monoisotopic (exact) mass is 1170 g/mol. The summed E-state index contributed by atoms with van der Waals surface area (Å²) in [6, 6.07) is 10.5. The van der Waals surface area contributed by atoms with Crippen LogP contribution in [-0.2, 0) is 40.1 Å². The van der Waals surface area contributed by atoms with E-state index in [1.807, 2.05) is 69.2 Å². The number of aliphatic carboxylic acids is 4. The molecule has 4 aromatic carbocycles. The molecule has 0 saturated carbocycles. The molecular weight excluding hydrogens is 1110 g/mol. The van der Waals surface area contributed by atoms with Crippen LogP contribution in [0.5, 0.6) is 0 Å². The zero-order chi connectivity index (χ0) is 62.2. The first kappa shape index (κ1) is 62.2. The summed E-state index contributed by atoms with van der Waals surface area (Å²) in [5.74, 6) is -12.6. The van der Waals surface area contributed by atoms with E-state index in [1.54, 1.807) is 42.5 Å². The standard InChI is InChI=1S/C60H62N6O17S/c1-10-65-44-18-15-36-38(46(67)22-29(3)54(71)72)23-34(51(68)62-30(4)55(73)74)24-39(36)49(44)59(6,7)47(65)20-13-32(42-17-12-33(27-61-42)57(77)78)14-21-48-60(8,9)50-40-25-35(52(69)64-43(58(79)80)28-84(81,82)83)26-41(53(70)63-31(5)56(75)76)37(40)16-19-45(50)66(48)11-2/h12-21,23-27,29-31,43H,10-11,22,28H2,1-9H3,(H8-,62,63,64,68,69,70,71,72,73,74,75,76,77,78,79,80,81,82,83)/p+1. The molecule has 2 aliphatic heterocycles. The molecule has 9 N–H and O–H groups in total. The quantitative estimate of drug-likeness (QED) is 0.0153. The molecule has 0 saturated heterocycles. The van der Waals surface area contributed by atoms with Gasteiger partial charge in [-0.05, 0) is 129 Å². The number of pyridine rings is 1. The van der Waals surface area contributed by atoms with Crippen molar-refractivity contribution < 1.29 is 86.2 Å². The molecule has 23 nitrogen and oxygen atoms in total. The van der Waals surface area contributed by atoms with E-state index in [9.17, 15) is 81.7 Å². The average Bonchev–Trinajstić information content (AvgIpc) is 3.69. The molecule has 7 rings (SSSR count). The molecular formula is C60H63N6O17S+. The number of anilines is 1. The first-order valence-corrected chi connectivity index (χ1v) is 28.1. The summed E-state index contributed by atoms with van der Waals surface area (Å²) in [5, 5.41) is 57.1. The third-order valence-electron chi connectivity index (χ3n) is 15.1. The van der Waals surface area contributed by atoms with E-state index in [0.29, 0.717) is 68.7 Å². The number of amides is 3. The summed E-state index contributed by atoms with van der Waals surface area (Å²) >= 11 is 0. The number of carbonyl (C=O) groups is 9. The molecule has 0 fully saturated rings. The Kier molecular flexibility index (Phi) is 17.6. The number of nitrogens with one attached hydrogen (secondary N) is 3. The maximum Gasteiger partial charge on any atom is 0.337 e. The summed E-state index contributed by atoms with van der Waals surface area (Å²) in [4.78, 5) is 122. The molecule has 4 unspecified atom stereocenters. The van der Waals surface area contributed by atoms with E-state index in [2.05, 4.69) is 20.9 Å². The van der Waals surface area contributed by atoms with Crippen molar-refractivity contribution in [3.05, 3.63) is 141 Å². The van der Waals surface area contributed by atoms with Crippen LogP contribution in [0.2, 0.25) is 0 Å². The number of aromatic carboxylic acids is 1. The van der Waals surface area contributed by atoms with Crippen molar-refractivity contribution in [3.63, 3.8) is 0 Å². The Balaban J connectivity index is 1.40. The highest BCUT2D eigenvalue weighted by molar-refractivity contribution is 7.85. The van der Waals surface area contributed by atoms with E-state index in [-0.39, 0.29) is 39.6 Å². The maximum atomic E-state index is 14.0. The van der Waals surface area contributed by atoms with Crippen molar-refractivity contribution in [2.75, 3.05) is 23.7 Å². The number of aromatic nitrogens is 1. The van der Waals surface area contributed by atoms with E-state index in [0.717, 1.165) is 11.8 Å². The summed E-state index contributed by atoms with van der Waals surface area (Å²) in [7, 11) is -4.91. The Bertz CT molecular complexity index is 3910. The van der Waals surface area contributed by atoms with Gasteiger partial charge in [-0.25, -0.2) is 9.59 Å². The van der Waals surface area contributed by atoms with Crippen LogP contribution in [-0.4, -0.2) is 144 Å². The number of Topliss-reactive ketones (excluding diaryl/α,β-unsaturated/α-hetero) is 1. The molecule has 24 heteroatoms. The van der Waals surface area contributed by atoms with Crippen LogP contribution in [0, 0.1) is 5.92 Å². The molecule has 2 aliphatic rings. The van der Waals surface area contributed by atoms with Crippen molar-refractivity contribution in [1.29, 1.82) is 0 Å². The first-order chi connectivity index (χ1) is 39.2. The lowest BCUT2D eigenvalue weighted by Crippen LogP contribution is -2.45. The van der Waals surface area contributed by atoms with E-state index < -0.39 is 104 Å². The largest absolute Gasteiger partial charge is 0.481 e. The van der Waals surface area contributed by atoms with Crippen molar-refractivity contribution in [3.8, 4) is 0 Å². The maximum absolute atomic E-state index is 14.0. The van der Waals surface area contributed by atoms with Gasteiger partial charge in [-0.1, -0.05) is 32.9 Å². The van der Waals surface area contributed by atoms with Gasteiger partial charge in [0.25, 0.3) is 27.8 Å². The molecule has 1 aromatic heterocycles. The molecule has 3 heterocycles. The van der Waals surface area contributed by atoms with Crippen molar-refractivity contribution in [1.82, 2.24) is 20.9 Å². The zero-order valence-electron chi connectivity index (χ0n) is 47.2. The van der Waals surface area contributed by atoms with Gasteiger partial charge < -0.3 is 46.4 Å². The summed E-state index contributed by atoms with van der Waals surface area (Å²) < 4.78 is 35.0. The van der Waals surface area contributed by atoms with Gasteiger partial charge in [-0.2, -0.15) is 13.0 Å². The number of rotatable bonds is 22. The summed E-state index contributed by atoms with van der Waals surface area (Å²) in [6.07, 6.45) is 8.09. The highest BCUT2D eigenvalue weighted by Gasteiger charge is 2.46. The zero-order valence-corrected chi connectivity index (χ0v) is 48.0. The van der Waals surface area contributed by atoms with Crippen LogP contribution >= 0.6 is 0 Å². The summed E-state index contributed by atoms with van der Waals surface area (Å²) in [6.45, 7) is 16.1. The highest BCUT2D eigenvalue weighted by atomic mass is 32.2. The lowest BCUT2D eigenvalue weighted by molar-refractivity contribution is -0.433. The molecule has 3 amide bonds. The Hall–Kier alpha value is -9.42. The number of fused-ring (bicyclic) bond motifs is 6. The number of likely N-dealkylation sites (N-methyl/N-ethyl adjacent to an activating group) is 1. The third kappa shape index (κ3) is 12.3. The number of carboxylic acid groups (broad SMARTS) is 5. The highest BCUT2D eigenvalue weighted by Crippen LogP contribution is 2.52. The van der Waals surface area contributed by atoms with Crippen LogP contribution in [0.3, 0.4) is 0 Å². The molecule has 0 radical (unpaired) electrons. The number of carbonyl (C=O) groups excluding carboxylic acids is 4. The molecule has 84 heavy (non-hydrogen) atoms. The molecule has 0 bridgehead atoms. The number of nitrogens with zero attached hydrogens (tertiary/aromatic N) is 3. The number of carboxylic acids is 5. The fourth-order valence-electron chi connectivity index (χ4n) is 10.8. The third-order valence-corrected chi connectivity index (χ3v) is 15.9. The number of hydrogen-bond donors (Lipinski definition) is 9. The van der Waals surface area contributed by atoms with Crippen LogP contribution in [0.4, 0.5) is 11.4 Å². The second kappa shape index (κ2) is 23.8. The Morgan fingerprint density at radius 3 is 1.77 bits per heavy atom. The number of ketones is 1. The average molecular weight is 1170 g/mol. The molecule has 4 atom stereocenters. The molecule has 0 spiro atoms. The van der Waals surface area contributed by atoms with Gasteiger partial charge in [0.2, 0.25) is 5.69 Å². The second-order valence-electron chi connectivity index (χ2n) is 21.6. The minimum absolute atomic E-state index is 0.0247. The molecule has 0 aliphatic carbocycles. The lowest BCUT2D eigenvalue weighted by Gasteiger charge is -2.26. The van der Waals surface area contributed by atoms with Crippen molar-refractivity contribution in [2.45, 2.75) is 97.7 Å². The Morgan fingerprint density at radius 2 is 1.24 bits per heavy atom. The van der Waals surface area contributed by atoms with Crippen molar-refractivity contribution >= 4 is 108 Å². The minimum Gasteiger partial charge on any atom is -0.481 e. The van der Waals surface area contributed by atoms with Crippen molar-refractivity contribution in [2.24, 2.45) is 5.92 Å². The molecule has 5 aromatic rings. The predicted octanol–water partition coefficient (Wildman–Crippen LogP) is 6.59. The lowest BCUT2D eigenvalue weighted by atomic mass is 9.77. The minimum atomic E-state index is -4.91. The number of allylic oxidation sites excluding steroid dienone is 6. The Labute approximate surface area is 481 Å². The van der Waals surface area contributed by atoms with Crippen LogP contribution in [0.25, 0.3) is 27.1 Å². The van der Waals surface area contributed by atoms with Gasteiger partial charge in [0.15, 0.2) is 11.5 Å². The number of hydrogen-bond acceptors (Lipinski definition) is 13. The number of benzene rings is 4. The fourth-order valence-corrected chi connectivity index (χ4v) is 11.4. The Morgan fingerprint density at radius 1 is 0.667 bits per heavy atom. The second-order valence-corrected chi connectivity index (χ2v) is 23.1. The predicted molar refractivity (Wildman–Crippen MR) is 309 cm³/mol. The van der Waals surface area contributed by atoms with Gasteiger partial charge in [-0.15, -0.1) is 0 Å². The normalized spacial score (nSPS) is 16.4. The van der Waals surface area contributed by atoms with Gasteiger partial charge >= 0.3 is 29.8 Å².